The highest BCUT2D eigenvalue weighted by atomic mass is 16.1. The molecule has 3 aromatic rings. The van der Waals surface area contributed by atoms with Gasteiger partial charge >= 0.3 is 0 Å². The second-order valence-electron chi connectivity index (χ2n) is 6.01. The molecule has 0 fully saturated rings. The molecule has 1 heterocycles. The number of aromatic nitrogens is 2. The summed E-state index contributed by atoms with van der Waals surface area (Å²) in [5.41, 5.74) is 5.63. The molecule has 0 aliphatic heterocycles. The van der Waals surface area contributed by atoms with Crippen LogP contribution in [0.1, 0.15) is 32.9 Å². The van der Waals surface area contributed by atoms with Crippen molar-refractivity contribution in [1.82, 2.24) is 9.78 Å². The fourth-order valence-corrected chi connectivity index (χ4v) is 2.67. The molecule has 0 atom stereocenters. The normalized spacial score (nSPS) is 10.6. The van der Waals surface area contributed by atoms with E-state index in [-0.39, 0.29) is 5.91 Å². The molecule has 4 nitrogen and oxygen atoms in total. The summed E-state index contributed by atoms with van der Waals surface area (Å²) < 4.78 is 1.93. The van der Waals surface area contributed by atoms with Gasteiger partial charge in [0.1, 0.15) is 0 Å². The second kappa shape index (κ2) is 6.71. The summed E-state index contributed by atoms with van der Waals surface area (Å²) in [7, 11) is 0. The van der Waals surface area contributed by atoms with Gasteiger partial charge in [-0.25, -0.2) is 0 Å². The maximum Gasteiger partial charge on any atom is 0.255 e. The molecule has 1 amide bonds. The lowest BCUT2D eigenvalue weighted by Crippen LogP contribution is -2.13. The highest BCUT2D eigenvalue weighted by Gasteiger charge is 2.15. The molecule has 0 saturated carbocycles. The Morgan fingerprint density at radius 2 is 1.67 bits per heavy atom. The smallest absolute Gasteiger partial charge is 0.255 e. The predicted molar refractivity (Wildman–Crippen MR) is 96.4 cm³/mol. The molecule has 122 valence electrons. The lowest BCUT2D eigenvalue weighted by atomic mass is 10.1. The first-order chi connectivity index (χ1) is 11.5. The number of hydrogen-bond acceptors (Lipinski definition) is 2. The summed E-state index contributed by atoms with van der Waals surface area (Å²) in [5.74, 6) is -0.114. The minimum absolute atomic E-state index is 0.114. The first-order valence-electron chi connectivity index (χ1n) is 8.00. The molecule has 1 aromatic heterocycles. The zero-order valence-electron chi connectivity index (χ0n) is 14.2. The molecule has 0 aliphatic carbocycles. The third kappa shape index (κ3) is 3.38. The number of anilines is 1. The summed E-state index contributed by atoms with van der Waals surface area (Å²) in [6, 6.07) is 17.6. The standard InChI is InChI=1S/C20H21N3O/c1-14-9-11-17(12-10-14)13-23-16(3)19(15(2)22-23)21-20(24)18-7-5-4-6-8-18/h4-12H,13H2,1-3H3,(H,21,24). The van der Waals surface area contributed by atoms with E-state index in [1.54, 1.807) is 12.1 Å². The van der Waals surface area contributed by atoms with Crippen molar-refractivity contribution in [2.75, 3.05) is 5.32 Å². The van der Waals surface area contributed by atoms with Crippen LogP contribution in [0.15, 0.2) is 54.6 Å². The van der Waals surface area contributed by atoms with Gasteiger partial charge in [-0.1, -0.05) is 48.0 Å². The van der Waals surface area contributed by atoms with Crippen LogP contribution in [0, 0.1) is 20.8 Å². The Bertz CT molecular complexity index is 849. The van der Waals surface area contributed by atoms with Gasteiger partial charge in [-0.05, 0) is 38.5 Å². The van der Waals surface area contributed by atoms with Crippen molar-refractivity contribution in [3.05, 3.63) is 82.7 Å². The predicted octanol–water partition coefficient (Wildman–Crippen LogP) is 4.11. The zero-order valence-corrected chi connectivity index (χ0v) is 14.2. The molecule has 24 heavy (non-hydrogen) atoms. The molecule has 0 radical (unpaired) electrons. The van der Waals surface area contributed by atoms with Gasteiger partial charge < -0.3 is 5.32 Å². The monoisotopic (exact) mass is 319 g/mol. The van der Waals surface area contributed by atoms with Crippen LogP contribution in [-0.4, -0.2) is 15.7 Å². The summed E-state index contributed by atoms with van der Waals surface area (Å²) in [5, 5.41) is 7.56. The molecule has 1 N–H and O–H groups in total. The number of amides is 1. The van der Waals surface area contributed by atoms with E-state index in [9.17, 15) is 4.79 Å². The average Bonchev–Trinajstić information content (AvgIpc) is 2.85. The number of benzene rings is 2. The van der Waals surface area contributed by atoms with Crippen molar-refractivity contribution in [2.24, 2.45) is 0 Å². The summed E-state index contributed by atoms with van der Waals surface area (Å²) in [6.45, 7) is 6.66. The molecule has 0 bridgehead atoms. The molecule has 0 aliphatic rings. The highest BCUT2D eigenvalue weighted by Crippen LogP contribution is 2.21. The summed E-state index contributed by atoms with van der Waals surface area (Å²) in [6.07, 6.45) is 0. The molecule has 2 aromatic carbocycles. The molecule has 0 unspecified atom stereocenters. The Morgan fingerprint density at radius 1 is 1.00 bits per heavy atom. The van der Waals surface area contributed by atoms with E-state index in [4.69, 9.17) is 0 Å². The Balaban J connectivity index is 1.81. The van der Waals surface area contributed by atoms with E-state index < -0.39 is 0 Å². The minimum Gasteiger partial charge on any atom is -0.319 e. The van der Waals surface area contributed by atoms with Gasteiger partial charge in [0.25, 0.3) is 5.91 Å². The van der Waals surface area contributed by atoms with Crippen LogP contribution in [0.25, 0.3) is 0 Å². The quantitative estimate of drug-likeness (QED) is 0.786. The van der Waals surface area contributed by atoms with E-state index in [2.05, 4.69) is 41.6 Å². The van der Waals surface area contributed by atoms with Gasteiger partial charge in [0, 0.05) is 5.56 Å². The number of nitrogens with one attached hydrogen (secondary N) is 1. The lowest BCUT2D eigenvalue weighted by molar-refractivity contribution is 0.102. The van der Waals surface area contributed by atoms with Crippen molar-refractivity contribution >= 4 is 11.6 Å². The van der Waals surface area contributed by atoms with Crippen LogP contribution in [0.4, 0.5) is 5.69 Å². The van der Waals surface area contributed by atoms with E-state index in [0.717, 1.165) is 17.1 Å². The van der Waals surface area contributed by atoms with Crippen LogP contribution in [0.5, 0.6) is 0 Å². The number of carbonyl (C=O) groups is 1. The van der Waals surface area contributed by atoms with E-state index >= 15 is 0 Å². The van der Waals surface area contributed by atoms with Gasteiger partial charge in [-0.3, -0.25) is 9.48 Å². The fraction of sp³-hybridized carbons (Fsp3) is 0.200. The van der Waals surface area contributed by atoms with Crippen LogP contribution >= 0.6 is 0 Å². The number of hydrogen-bond donors (Lipinski definition) is 1. The molecule has 3 rings (SSSR count). The van der Waals surface area contributed by atoms with Crippen LogP contribution in [-0.2, 0) is 6.54 Å². The van der Waals surface area contributed by atoms with Crippen molar-refractivity contribution in [3.63, 3.8) is 0 Å². The number of carbonyl (C=O) groups excluding carboxylic acids is 1. The van der Waals surface area contributed by atoms with Crippen LogP contribution in [0.3, 0.4) is 0 Å². The van der Waals surface area contributed by atoms with E-state index in [1.165, 1.54) is 11.1 Å². The van der Waals surface area contributed by atoms with Crippen molar-refractivity contribution in [3.8, 4) is 0 Å². The van der Waals surface area contributed by atoms with E-state index in [1.807, 2.05) is 36.7 Å². The van der Waals surface area contributed by atoms with E-state index in [0.29, 0.717) is 12.1 Å². The Hall–Kier alpha value is -2.88. The maximum absolute atomic E-state index is 12.4. The summed E-state index contributed by atoms with van der Waals surface area (Å²) >= 11 is 0. The highest BCUT2D eigenvalue weighted by molar-refractivity contribution is 6.04. The van der Waals surface area contributed by atoms with Crippen LogP contribution < -0.4 is 5.32 Å². The van der Waals surface area contributed by atoms with Gasteiger partial charge in [0.05, 0.1) is 23.6 Å². The molecule has 0 saturated heterocycles. The van der Waals surface area contributed by atoms with Gasteiger partial charge in [-0.15, -0.1) is 0 Å². The van der Waals surface area contributed by atoms with Crippen molar-refractivity contribution in [1.29, 1.82) is 0 Å². The van der Waals surface area contributed by atoms with Crippen LogP contribution in [0.2, 0.25) is 0 Å². The van der Waals surface area contributed by atoms with Crippen molar-refractivity contribution in [2.45, 2.75) is 27.3 Å². The topological polar surface area (TPSA) is 46.9 Å². The Kier molecular flexibility index (Phi) is 4.47. The molecule has 4 heteroatoms. The number of rotatable bonds is 4. The average molecular weight is 319 g/mol. The lowest BCUT2D eigenvalue weighted by Gasteiger charge is -2.08. The number of nitrogens with zero attached hydrogens (tertiary/aromatic N) is 2. The Morgan fingerprint density at radius 3 is 2.33 bits per heavy atom. The number of aryl methyl sites for hydroxylation is 2. The molecular formula is C20H21N3O. The van der Waals surface area contributed by atoms with Gasteiger partial charge in [-0.2, -0.15) is 5.10 Å². The molecular weight excluding hydrogens is 298 g/mol. The third-order valence-corrected chi connectivity index (χ3v) is 4.11. The maximum atomic E-state index is 12.4. The Labute approximate surface area is 142 Å². The third-order valence-electron chi connectivity index (χ3n) is 4.11. The zero-order chi connectivity index (χ0) is 17.1. The minimum atomic E-state index is -0.114. The first-order valence-corrected chi connectivity index (χ1v) is 8.00. The molecule has 0 spiro atoms. The largest absolute Gasteiger partial charge is 0.319 e. The second-order valence-corrected chi connectivity index (χ2v) is 6.01. The SMILES string of the molecule is Cc1ccc(Cn2nc(C)c(NC(=O)c3ccccc3)c2C)cc1. The van der Waals surface area contributed by atoms with Gasteiger partial charge in [0.2, 0.25) is 0 Å². The van der Waals surface area contributed by atoms with Crippen molar-refractivity contribution < 1.29 is 4.79 Å². The first kappa shape index (κ1) is 16.0. The summed E-state index contributed by atoms with van der Waals surface area (Å²) in [4.78, 5) is 12.4. The fourth-order valence-electron chi connectivity index (χ4n) is 2.67. The van der Waals surface area contributed by atoms with Gasteiger partial charge in [0.15, 0.2) is 0 Å².